The summed E-state index contributed by atoms with van der Waals surface area (Å²) < 4.78 is 32.2. The largest absolute Gasteiger partial charge is 0.495 e. The molecule has 3 rings (SSSR count). The number of hydrogen-bond acceptors (Lipinski definition) is 5. The predicted octanol–water partition coefficient (Wildman–Crippen LogP) is 3.87. The Labute approximate surface area is 231 Å². The normalized spacial score (nSPS) is 12.0. The van der Waals surface area contributed by atoms with Gasteiger partial charge in [-0.25, -0.2) is 8.42 Å². The molecule has 0 bridgehead atoms. The summed E-state index contributed by atoms with van der Waals surface area (Å²) in [6.45, 7) is 4.09. The molecule has 0 aromatic heterocycles. The average Bonchev–Trinajstić information content (AvgIpc) is 2.92. The van der Waals surface area contributed by atoms with Crippen LogP contribution in [0, 0.1) is 5.92 Å². The Hall–Kier alpha value is -3.85. The summed E-state index contributed by atoms with van der Waals surface area (Å²) in [4.78, 5) is 29.1. The van der Waals surface area contributed by atoms with Crippen LogP contribution in [0.2, 0.25) is 0 Å². The van der Waals surface area contributed by atoms with E-state index in [2.05, 4.69) is 5.32 Å². The van der Waals surface area contributed by atoms with E-state index < -0.39 is 28.5 Å². The molecule has 0 fully saturated rings. The van der Waals surface area contributed by atoms with E-state index in [1.807, 2.05) is 74.5 Å². The topological polar surface area (TPSA) is 96.0 Å². The number of amides is 2. The van der Waals surface area contributed by atoms with E-state index in [9.17, 15) is 18.0 Å². The molecule has 0 radical (unpaired) electrons. The number of methoxy groups -OCH3 is 1. The van der Waals surface area contributed by atoms with Crippen molar-refractivity contribution in [2.24, 2.45) is 5.92 Å². The van der Waals surface area contributed by atoms with Crippen LogP contribution in [-0.4, -0.2) is 57.6 Å². The van der Waals surface area contributed by atoms with Gasteiger partial charge in [-0.1, -0.05) is 86.6 Å². The lowest BCUT2D eigenvalue weighted by Gasteiger charge is -2.34. The van der Waals surface area contributed by atoms with Gasteiger partial charge in [-0.2, -0.15) is 0 Å². The number of para-hydroxylation sites is 2. The third-order valence-electron chi connectivity index (χ3n) is 6.18. The monoisotopic (exact) mass is 551 g/mol. The molecule has 9 heteroatoms. The molecule has 0 aliphatic rings. The molecule has 3 aromatic rings. The van der Waals surface area contributed by atoms with Gasteiger partial charge in [-0.3, -0.25) is 13.9 Å². The first-order chi connectivity index (χ1) is 18.6. The molecule has 0 unspecified atom stereocenters. The third kappa shape index (κ3) is 8.58. The summed E-state index contributed by atoms with van der Waals surface area (Å²) in [5, 5.41) is 2.97. The summed E-state index contributed by atoms with van der Waals surface area (Å²) in [6.07, 6.45) is 1.32. The maximum Gasteiger partial charge on any atom is 0.244 e. The number of ether oxygens (including phenoxy) is 1. The molecule has 0 spiro atoms. The van der Waals surface area contributed by atoms with Gasteiger partial charge in [0.1, 0.15) is 18.3 Å². The molecule has 208 valence electrons. The maximum absolute atomic E-state index is 14.1. The molecule has 0 saturated carbocycles. The van der Waals surface area contributed by atoms with E-state index in [0.29, 0.717) is 12.3 Å². The molecule has 0 aliphatic carbocycles. The van der Waals surface area contributed by atoms with Gasteiger partial charge in [0.2, 0.25) is 21.8 Å². The van der Waals surface area contributed by atoms with Crippen molar-refractivity contribution in [3.8, 4) is 5.75 Å². The number of rotatable bonds is 13. The SMILES string of the molecule is COc1ccccc1N(CC(=O)N(Cc1ccccc1)[C@H](Cc1ccccc1)C(=O)NCC(C)C)S(C)(=O)=O. The number of hydrogen-bond donors (Lipinski definition) is 1. The molecule has 8 nitrogen and oxygen atoms in total. The molecule has 0 heterocycles. The first kappa shape index (κ1) is 29.7. The Morgan fingerprint density at radius 2 is 1.44 bits per heavy atom. The van der Waals surface area contributed by atoms with E-state index in [-0.39, 0.29) is 30.5 Å². The number of sulfonamides is 1. The minimum atomic E-state index is -3.87. The quantitative estimate of drug-likeness (QED) is 0.348. The first-order valence-corrected chi connectivity index (χ1v) is 14.7. The van der Waals surface area contributed by atoms with Crippen molar-refractivity contribution in [2.45, 2.75) is 32.9 Å². The maximum atomic E-state index is 14.1. The average molecular weight is 552 g/mol. The molecule has 1 N–H and O–H groups in total. The van der Waals surface area contributed by atoms with Crippen LogP contribution >= 0.6 is 0 Å². The zero-order valence-electron chi connectivity index (χ0n) is 22.9. The van der Waals surface area contributed by atoms with E-state index in [1.54, 1.807) is 24.3 Å². The highest BCUT2D eigenvalue weighted by atomic mass is 32.2. The zero-order chi connectivity index (χ0) is 28.4. The number of carbonyl (C=O) groups is 2. The highest BCUT2D eigenvalue weighted by Crippen LogP contribution is 2.30. The lowest BCUT2D eigenvalue weighted by molar-refractivity contribution is -0.140. The van der Waals surface area contributed by atoms with Crippen LogP contribution in [0.15, 0.2) is 84.9 Å². The van der Waals surface area contributed by atoms with Crippen LogP contribution in [-0.2, 0) is 32.6 Å². The van der Waals surface area contributed by atoms with Crippen LogP contribution < -0.4 is 14.4 Å². The van der Waals surface area contributed by atoms with Crippen LogP contribution in [0.1, 0.15) is 25.0 Å². The molecule has 39 heavy (non-hydrogen) atoms. The number of nitrogens with zero attached hydrogens (tertiary/aromatic N) is 2. The number of anilines is 1. The van der Waals surface area contributed by atoms with Crippen molar-refractivity contribution in [2.75, 3.05) is 30.8 Å². The minimum Gasteiger partial charge on any atom is -0.495 e. The van der Waals surface area contributed by atoms with Gasteiger partial charge >= 0.3 is 0 Å². The molecular formula is C30H37N3O5S. The Morgan fingerprint density at radius 3 is 2.00 bits per heavy atom. The fourth-order valence-corrected chi connectivity index (χ4v) is 5.04. The minimum absolute atomic E-state index is 0.135. The molecule has 0 saturated heterocycles. The van der Waals surface area contributed by atoms with Crippen LogP contribution in [0.3, 0.4) is 0 Å². The van der Waals surface area contributed by atoms with Crippen molar-refractivity contribution in [1.82, 2.24) is 10.2 Å². The lowest BCUT2D eigenvalue weighted by Crippen LogP contribution is -2.53. The third-order valence-corrected chi connectivity index (χ3v) is 7.31. The summed E-state index contributed by atoms with van der Waals surface area (Å²) in [5.74, 6) is -0.257. The van der Waals surface area contributed by atoms with E-state index >= 15 is 0 Å². The van der Waals surface area contributed by atoms with Gasteiger partial charge in [0.15, 0.2) is 0 Å². The van der Waals surface area contributed by atoms with Gasteiger partial charge < -0.3 is 15.0 Å². The molecule has 1 atom stereocenters. The summed E-state index contributed by atoms with van der Waals surface area (Å²) in [6, 6.07) is 24.6. The van der Waals surface area contributed by atoms with Crippen LogP contribution in [0.5, 0.6) is 5.75 Å². The second kappa shape index (κ2) is 13.8. The Bertz CT molecular complexity index is 1330. The van der Waals surface area contributed by atoms with Gasteiger partial charge in [0.25, 0.3) is 0 Å². The molecule has 3 aromatic carbocycles. The predicted molar refractivity (Wildman–Crippen MR) is 154 cm³/mol. The summed E-state index contributed by atoms with van der Waals surface area (Å²) >= 11 is 0. The van der Waals surface area contributed by atoms with Crippen LogP contribution in [0.25, 0.3) is 0 Å². The molecular weight excluding hydrogens is 514 g/mol. The van der Waals surface area contributed by atoms with Gasteiger partial charge in [0.05, 0.1) is 19.1 Å². The van der Waals surface area contributed by atoms with Crippen molar-refractivity contribution >= 4 is 27.5 Å². The highest BCUT2D eigenvalue weighted by molar-refractivity contribution is 7.92. The Kier molecular flexibility index (Phi) is 10.5. The number of carbonyl (C=O) groups excluding carboxylic acids is 2. The summed E-state index contributed by atoms with van der Waals surface area (Å²) in [5.41, 5.74) is 1.96. The van der Waals surface area contributed by atoms with Gasteiger partial charge in [0, 0.05) is 19.5 Å². The Morgan fingerprint density at radius 1 is 0.872 bits per heavy atom. The Balaban J connectivity index is 2.04. The number of nitrogens with one attached hydrogen (secondary N) is 1. The molecule has 2 amide bonds. The van der Waals surface area contributed by atoms with Crippen molar-refractivity contribution in [1.29, 1.82) is 0 Å². The second-order valence-electron chi connectivity index (χ2n) is 9.79. The van der Waals surface area contributed by atoms with Crippen LogP contribution in [0.4, 0.5) is 5.69 Å². The van der Waals surface area contributed by atoms with Crippen molar-refractivity contribution < 1.29 is 22.7 Å². The fraction of sp³-hybridized carbons (Fsp3) is 0.333. The van der Waals surface area contributed by atoms with Crippen molar-refractivity contribution in [3.05, 3.63) is 96.1 Å². The fourth-order valence-electron chi connectivity index (χ4n) is 4.19. The second-order valence-corrected chi connectivity index (χ2v) is 11.7. The highest BCUT2D eigenvalue weighted by Gasteiger charge is 2.33. The summed E-state index contributed by atoms with van der Waals surface area (Å²) in [7, 11) is -2.43. The smallest absolute Gasteiger partial charge is 0.244 e. The van der Waals surface area contributed by atoms with E-state index in [4.69, 9.17) is 4.74 Å². The van der Waals surface area contributed by atoms with E-state index in [1.165, 1.54) is 12.0 Å². The van der Waals surface area contributed by atoms with Gasteiger partial charge in [-0.05, 0) is 29.2 Å². The molecule has 0 aliphatic heterocycles. The van der Waals surface area contributed by atoms with E-state index in [0.717, 1.165) is 21.7 Å². The standard InChI is InChI=1S/C30H37N3O5S/c1-23(2)20-31-30(35)27(19-24-13-7-5-8-14-24)32(21-25-15-9-6-10-16-25)29(34)22-33(39(4,36)37)26-17-11-12-18-28(26)38-3/h5-18,23,27H,19-22H2,1-4H3,(H,31,35)/t27-/m1/s1. The lowest BCUT2D eigenvalue weighted by atomic mass is 10.0. The first-order valence-electron chi connectivity index (χ1n) is 12.9. The zero-order valence-corrected chi connectivity index (χ0v) is 23.7. The van der Waals surface area contributed by atoms with Gasteiger partial charge in [-0.15, -0.1) is 0 Å². The number of benzene rings is 3. The van der Waals surface area contributed by atoms with Crippen molar-refractivity contribution in [3.63, 3.8) is 0 Å².